The highest BCUT2D eigenvalue weighted by Crippen LogP contribution is 2.00. The molecule has 0 saturated carbocycles. The predicted molar refractivity (Wildman–Crippen MR) is 70.2 cm³/mol. The van der Waals surface area contributed by atoms with Crippen molar-refractivity contribution in [1.82, 2.24) is 15.6 Å². The van der Waals surface area contributed by atoms with Gasteiger partial charge in [0.05, 0.1) is 6.61 Å². The molecule has 0 aromatic carbocycles. The number of carbonyl (C=O) groups is 1. The van der Waals surface area contributed by atoms with Crippen LogP contribution in [0.5, 0.6) is 0 Å². The van der Waals surface area contributed by atoms with E-state index in [-0.39, 0.29) is 5.91 Å². The van der Waals surface area contributed by atoms with E-state index in [4.69, 9.17) is 4.74 Å². The van der Waals surface area contributed by atoms with Crippen LogP contribution in [0.3, 0.4) is 0 Å². The van der Waals surface area contributed by atoms with Crippen LogP contribution in [-0.4, -0.2) is 37.7 Å². The maximum atomic E-state index is 11.4. The fourth-order valence-electron chi connectivity index (χ4n) is 1.53. The molecule has 0 aliphatic carbocycles. The van der Waals surface area contributed by atoms with E-state index in [1.807, 2.05) is 19.3 Å². The summed E-state index contributed by atoms with van der Waals surface area (Å²) in [5.74, 6) is 0.0434. The number of methoxy groups -OCH3 is 1. The van der Waals surface area contributed by atoms with Gasteiger partial charge in [0.15, 0.2) is 0 Å². The minimum Gasteiger partial charge on any atom is -0.383 e. The average Bonchev–Trinajstić information content (AvgIpc) is 2.35. The Bertz CT molecular complexity index is 369. The zero-order valence-corrected chi connectivity index (χ0v) is 11.0. The van der Waals surface area contributed by atoms with Crippen LogP contribution in [0.25, 0.3) is 0 Å². The number of carbonyl (C=O) groups excluding carboxylic acids is 1. The minimum atomic E-state index is 0.0434. The molecule has 0 saturated heterocycles. The van der Waals surface area contributed by atoms with Gasteiger partial charge in [0.2, 0.25) is 5.91 Å². The minimum absolute atomic E-state index is 0.0434. The number of nitrogens with zero attached hydrogens (tertiary/aromatic N) is 1. The predicted octanol–water partition coefficient (Wildman–Crippen LogP) is 0.632. The molecular weight excluding hydrogens is 230 g/mol. The van der Waals surface area contributed by atoms with Gasteiger partial charge in [-0.1, -0.05) is 6.07 Å². The van der Waals surface area contributed by atoms with E-state index in [9.17, 15) is 4.79 Å². The van der Waals surface area contributed by atoms with Crippen LogP contribution < -0.4 is 10.6 Å². The molecule has 0 spiro atoms. The molecule has 1 aromatic rings. The molecule has 2 N–H and O–H groups in total. The second-order valence-corrected chi connectivity index (χ2v) is 4.14. The third-order valence-corrected chi connectivity index (χ3v) is 2.42. The summed E-state index contributed by atoms with van der Waals surface area (Å²) < 4.78 is 4.85. The SMILES string of the molecule is COCCNC(=O)CCNCc1cncc(C)c1. The van der Waals surface area contributed by atoms with Crippen molar-refractivity contribution in [3.63, 3.8) is 0 Å². The van der Waals surface area contributed by atoms with Gasteiger partial charge in [0.25, 0.3) is 0 Å². The van der Waals surface area contributed by atoms with Crippen molar-refractivity contribution in [3.8, 4) is 0 Å². The Morgan fingerprint density at radius 3 is 2.94 bits per heavy atom. The fraction of sp³-hybridized carbons (Fsp3) is 0.538. The number of rotatable bonds is 8. The lowest BCUT2D eigenvalue weighted by molar-refractivity contribution is -0.121. The number of amides is 1. The highest BCUT2D eigenvalue weighted by atomic mass is 16.5. The first-order chi connectivity index (χ1) is 8.72. The Morgan fingerprint density at radius 1 is 1.39 bits per heavy atom. The summed E-state index contributed by atoms with van der Waals surface area (Å²) in [5, 5.41) is 5.99. The van der Waals surface area contributed by atoms with Crippen molar-refractivity contribution in [2.75, 3.05) is 26.8 Å². The lowest BCUT2D eigenvalue weighted by Gasteiger charge is -2.06. The highest BCUT2D eigenvalue weighted by Gasteiger charge is 2.00. The Hall–Kier alpha value is -1.46. The summed E-state index contributed by atoms with van der Waals surface area (Å²) in [6.45, 7) is 4.53. The fourth-order valence-corrected chi connectivity index (χ4v) is 1.53. The first kappa shape index (κ1) is 14.6. The average molecular weight is 251 g/mol. The molecule has 1 rings (SSSR count). The topological polar surface area (TPSA) is 63.2 Å². The van der Waals surface area contributed by atoms with Crippen LogP contribution in [0.4, 0.5) is 0 Å². The summed E-state index contributed by atoms with van der Waals surface area (Å²) in [5.41, 5.74) is 2.28. The van der Waals surface area contributed by atoms with Crippen molar-refractivity contribution >= 4 is 5.91 Å². The van der Waals surface area contributed by atoms with Gasteiger partial charge in [0, 0.05) is 45.6 Å². The number of aromatic nitrogens is 1. The molecule has 0 radical (unpaired) electrons. The standard InChI is InChI=1S/C13H21N3O2/c1-11-7-12(10-15-8-11)9-14-4-3-13(17)16-5-6-18-2/h7-8,10,14H,3-6,9H2,1-2H3,(H,16,17). The van der Waals surface area contributed by atoms with Crippen molar-refractivity contribution in [2.24, 2.45) is 0 Å². The lowest BCUT2D eigenvalue weighted by atomic mass is 10.2. The first-order valence-corrected chi connectivity index (χ1v) is 6.09. The van der Waals surface area contributed by atoms with E-state index in [1.165, 1.54) is 0 Å². The molecule has 1 amide bonds. The van der Waals surface area contributed by atoms with E-state index < -0.39 is 0 Å². The van der Waals surface area contributed by atoms with Crippen LogP contribution in [-0.2, 0) is 16.1 Å². The molecule has 0 unspecified atom stereocenters. The van der Waals surface area contributed by atoms with Gasteiger partial charge in [0.1, 0.15) is 0 Å². The van der Waals surface area contributed by atoms with Gasteiger partial charge in [-0.2, -0.15) is 0 Å². The van der Waals surface area contributed by atoms with Gasteiger partial charge >= 0.3 is 0 Å². The zero-order valence-electron chi connectivity index (χ0n) is 11.0. The number of nitrogens with one attached hydrogen (secondary N) is 2. The summed E-state index contributed by atoms with van der Waals surface area (Å²) in [6, 6.07) is 2.08. The number of hydrogen-bond acceptors (Lipinski definition) is 4. The third kappa shape index (κ3) is 6.32. The van der Waals surface area contributed by atoms with E-state index in [0.717, 1.165) is 17.7 Å². The number of aryl methyl sites for hydroxylation is 1. The van der Waals surface area contributed by atoms with Crippen LogP contribution in [0.15, 0.2) is 18.5 Å². The maximum Gasteiger partial charge on any atom is 0.221 e. The van der Waals surface area contributed by atoms with Crippen molar-refractivity contribution in [3.05, 3.63) is 29.6 Å². The molecule has 5 heteroatoms. The third-order valence-electron chi connectivity index (χ3n) is 2.42. The molecule has 0 atom stereocenters. The van der Waals surface area contributed by atoms with E-state index in [0.29, 0.717) is 26.1 Å². The second kappa shape index (κ2) is 8.60. The van der Waals surface area contributed by atoms with E-state index >= 15 is 0 Å². The molecule has 0 fully saturated rings. The molecule has 5 nitrogen and oxygen atoms in total. The molecule has 1 aromatic heterocycles. The molecule has 18 heavy (non-hydrogen) atoms. The number of pyridine rings is 1. The highest BCUT2D eigenvalue weighted by molar-refractivity contribution is 5.75. The number of hydrogen-bond donors (Lipinski definition) is 2. The molecule has 0 aliphatic rings. The summed E-state index contributed by atoms with van der Waals surface area (Å²) in [4.78, 5) is 15.5. The van der Waals surface area contributed by atoms with Crippen LogP contribution in [0.1, 0.15) is 17.5 Å². The molecule has 0 aliphatic heterocycles. The first-order valence-electron chi connectivity index (χ1n) is 6.09. The molecule has 100 valence electrons. The monoisotopic (exact) mass is 251 g/mol. The molecular formula is C13H21N3O2. The largest absolute Gasteiger partial charge is 0.383 e. The van der Waals surface area contributed by atoms with Gasteiger partial charge in [-0.05, 0) is 18.1 Å². The quantitative estimate of drug-likeness (QED) is 0.665. The lowest BCUT2D eigenvalue weighted by Crippen LogP contribution is -2.29. The normalized spacial score (nSPS) is 10.3. The second-order valence-electron chi connectivity index (χ2n) is 4.14. The maximum absolute atomic E-state index is 11.4. The summed E-state index contributed by atoms with van der Waals surface area (Å²) in [6.07, 6.45) is 4.13. The van der Waals surface area contributed by atoms with Crippen molar-refractivity contribution in [1.29, 1.82) is 0 Å². The van der Waals surface area contributed by atoms with Gasteiger partial charge in [-0.15, -0.1) is 0 Å². The molecule has 0 bridgehead atoms. The van der Waals surface area contributed by atoms with Gasteiger partial charge in [-0.3, -0.25) is 9.78 Å². The van der Waals surface area contributed by atoms with Crippen molar-refractivity contribution < 1.29 is 9.53 Å². The Balaban J connectivity index is 2.09. The van der Waals surface area contributed by atoms with Gasteiger partial charge < -0.3 is 15.4 Å². The summed E-state index contributed by atoms with van der Waals surface area (Å²) >= 11 is 0. The van der Waals surface area contributed by atoms with Crippen molar-refractivity contribution in [2.45, 2.75) is 19.9 Å². The van der Waals surface area contributed by atoms with E-state index in [1.54, 1.807) is 7.11 Å². The van der Waals surface area contributed by atoms with Gasteiger partial charge in [-0.25, -0.2) is 0 Å². The van der Waals surface area contributed by atoms with Crippen LogP contribution in [0.2, 0.25) is 0 Å². The Morgan fingerprint density at radius 2 is 2.22 bits per heavy atom. The number of ether oxygens (including phenoxy) is 1. The molecule has 1 heterocycles. The summed E-state index contributed by atoms with van der Waals surface area (Å²) in [7, 11) is 1.61. The Kier molecular flexibility index (Phi) is 6.98. The zero-order chi connectivity index (χ0) is 13.2. The van der Waals surface area contributed by atoms with Crippen LogP contribution >= 0.6 is 0 Å². The Labute approximate surface area is 108 Å². The smallest absolute Gasteiger partial charge is 0.221 e. The van der Waals surface area contributed by atoms with Crippen LogP contribution in [0, 0.1) is 6.92 Å². The van der Waals surface area contributed by atoms with E-state index in [2.05, 4.69) is 21.7 Å².